The van der Waals surface area contributed by atoms with Gasteiger partial charge in [0.25, 0.3) is 5.91 Å². The van der Waals surface area contributed by atoms with E-state index in [1.807, 2.05) is 13.0 Å². The van der Waals surface area contributed by atoms with Crippen molar-refractivity contribution in [3.05, 3.63) is 29.3 Å². The number of hydrogen-bond acceptors (Lipinski definition) is 2. The van der Waals surface area contributed by atoms with E-state index in [1.165, 1.54) is 12.8 Å². The lowest BCUT2D eigenvalue weighted by atomic mass is 10.1. The van der Waals surface area contributed by atoms with Gasteiger partial charge >= 0.3 is 0 Å². The van der Waals surface area contributed by atoms with Crippen molar-refractivity contribution < 1.29 is 9.90 Å². The Morgan fingerprint density at radius 1 is 1.38 bits per heavy atom. The first-order valence-corrected chi connectivity index (χ1v) is 5.77. The summed E-state index contributed by atoms with van der Waals surface area (Å²) in [5, 5.41) is 12.6. The molecule has 0 aliphatic heterocycles. The van der Waals surface area contributed by atoms with Crippen LogP contribution in [0.1, 0.15) is 41.6 Å². The van der Waals surface area contributed by atoms with Crippen LogP contribution in [-0.2, 0) is 0 Å². The van der Waals surface area contributed by atoms with E-state index in [0.717, 1.165) is 18.4 Å². The smallest absolute Gasteiger partial charge is 0.255 e. The van der Waals surface area contributed by atoms with Gasteiger partial charge in [0.1, 0.15) is 5.75 Å². The summed E-state index contributed by atoms with van der Waals surface area (Å²) in [4.78, 5) is 11.9. The zero-order valence-electron chi connectivity index (χ0n) is 9.49. The molecule has 3 heteroatoms. The molecule has 0 unspecified atom stereocenters. The summed E-state index contributed by atoms with van der Waals surface area (Å²) in [7, 11) is 0. The van der Waals surface area contributed by atoms with Crippen LogP contribution in [0.2, 0.25) is 0 Å². The molecule has 1 aromatic carbocycles. The number of aryl methyl sites for hydroxylation is 1. The van der Waals surface area contributed by atoms with Crippen LogP contribution in [0, 0.1) is 6.92 Å². The molecule has 0 spiro atoms. The molecular formula is C13H17NO2. The molecule has 2 rings (SSSR count). The first kappa shape index (κ1) is 11.0. The van der Waals surface area contributed by atoms with Gasteiger partial charge in [-0.15, -0.1) is 0 Å². The van der Waals surface area contributed by atoms with E-state index in [1.54, 1.807) is 12.1 Å². The van der Waals surface area contributed by atoms with Crippen molar-refractivity contribution in [1.29, 1.82) is 0 Å². The molecule has 16 heavy (non-hydrogen) atoms. The number of hydrogen-bond donors (Lipinski definition) is 2. The summed E-state index contributed by atoms with van der Waals surface area (Å²) < 4.78 is 0. The molecule has 1 aliphatic rings. The molecule has 1 fully saturated rings. The van der Waals surface area contributed by atoms with Crippen LogP contribution in [0.15, 0.2) is 18.2 Å². The zero-order valence-corrected chi connectivity index (χ0v) is 9.49. The second-order valence-corrected chi connectivity index (χ2v) is 4.48. The van der Waals surface area contributed by atoms with Crippen molar-refractivity contribution in [1.82, 2.24) is 5.32 Å². The maximum absolute atomic E-state index is 11.9. The fourth-order valence-electron chi connectivity index (χ4n) is 2.17. The number of benzene rings is 1. The summed E-state index contributed by atoms with van der Waals surface area (Å²) in [6.07, 6.45) is 4.48. The number of carbonyl (C=O) groups is 1. The standard InChI is InChI=1S/C13H17NO2/c1-9-6-7-11(12(15)8-9)13(16)14-10-4-2-3-5-10/h6-8,10,15H,2-5H2,1H3,(H,14,16). The Bertz CT molecular complexity index is 395. The highest BCUT2D eigenvalue weighted by Gasteiger charge is 2.19. The van der Waals surface area contributed by atoms with E-state index in [4.69, 9.17) is 0 Å². The summed E-state index contributed by atoms with van der Waals surface area (Å²) in [5.74, 6) is -0.0973. The van der Waals surface area contributed by atoms with Gasteiger partial charge in [-0.25, -0.2) is 0 Å². The molecule has 2 N–H and O–H groups in total. The van der Waals surface area contributed by atoms with Crippen LogP contribution < -0.4 is 5.32 Å². The third kappa shape index (κ3) is 2.35. The molecule has 0 bridgehead atoms. The largest absolute Gasteiger partial charge is 0.507 e. The molecule has 1 aliphatic carbocycles. The Kier molecular flexibility index (Phi) is 3.13. The van der Waals surface area contributed by atoms with Gasteiger partial charge in [0, 0.05) is 6.04 Å². The number of carbonyl (C=O) groups excluding carboxylic acids is 1. The molecule has 1 saturated carbocycles. The third-order valence-corrected chi connectivity index (χ3v) is 3.09. The normalized spacial score (nSPS) is 16.3. The summed E-state index contributed by atoms with van der Waals surface area (Å²) in [5.41, 5.74) is 1.33. The lowest BCUT2D eigenvalue weighted by molar-refractivity contribution is 0.0935. The predicted octanol–water partition coefficient (Wildman–Crippen LogP) is 2.37. The highest BCUT2D eigenvalue weighted by Crippen LogP contribution is 2.21. The highest BCUT2D eigenvalue weighted by molar-refractivity contribution is 5.97. The predicted molar refractivity (Wildman–Crippen MR) is 62.6 cm³/mol. The van der Waals surface area contributed by atoms with Gasteiger partial charge in [0.15, 0.2) is 0 Å². The molecular weight excluding hydrogens is 202 g/mol. The Morgan fingerprint density at radius 2 is 2.06 bits per heavy atom. The average Bonchev–Trinajstić information content (AvgIpc) is 2.70. The second kappa shape index (κ2) is 4.56. The van der Waals surface area contributed by atoms with Crippen LogP contribution in [0.3, 0.4) is 0 Å². The summed E-state index contributed by atoms with van der Waals surface area (Å²) in [6, 6.07) is 5.41. The van der Waals surface area contributed by atoms with E-state index >= 15 is 0 Å². The molecule has 1 amide bonds. The highest BCUT2D eigenvalue weighted by atomic mass is 16.3. The molecule has 3 nitrogen and oxygen atoms in total. The average molecular weight is 219 g/mol. The minimum absolute atomic E-state index is 0.0653. The first-order valence-electron chi connectivity index (χ1n) is 5.77. The van der Waals surface area contributed by atoms with Gasteiger partial charge in [-0.05, 0) is 37.5 Å². The van der Waals surface area contributed by atoms with Crippen molar-refractivity contribution in [3.8, 4) is 5.75 Å². The van der Waals surface area contributed by atoms with Crippen molar-refractivity contribution in [2.75, 3.05) is 0 Å². The zero-order chi connectivity index (χ0) is 11.5. The van der Waals surface area contributed by atoms with Gasteiger partial charge in [0.05, 0.1) is 5.56 Å². The van der Waals surface area contributed by atoms with Gasteiger partial charge in [-0.1, -0.05) is 18.9 Å². The third-order valence-electron chi connectivity index (χ3n) is 3.09. The van der Waals surface area contributed by atoms with E-state index in [0.29, 0.717) is 5.56 Å². The van der Waals surface area contributed by atoms with Gasteiger partial charge < -0.3 is 10.4 Å². The van der Waals surface area contributed by atoms with Gasteiger partial charge in [-0.2, -0.15) is 0 Å². The molecule has 0 atom stereocenters. The summed E-state index contributed by atoms with van der Waals surface area (Å²) >= 11 is 0. The number of phenols is 1. The number of amides is 1. The Hall–Kier alpha value is -1.51. The minimum Gasteiger partial charge on any atom is -0.507 e. The molecule has 86 valence electrons. The lowest BCUT2D eigenvalue weighted by Crippen LogP contribution is -2.32. The maximum Gasteiger partial charge on any atom is 0.255 e. The minimum atomic E-state index is -0.163. The number of aromatic hydroxyl groups is 1. The maximum atomic E-state index is 11.9. The van der Waals surface area contributed by atoms with Crippen LogP contribution >= 0.6 is 0 Å². The number of nitrogens with one attached hydrogen (secondary N) is 1. The van der Waals surface area contributed by atoms with Crippen LogP contribution in [0.5, 0.6) is 5.75 Å². The van der Waals surface area contributed by atoms with E-state index in [2.05, 4.69) is 5.32 Å². The molecule has 0 heterocycles. The first-order chi connectivity index (χ1) is 7.66. The Balaban J connectivity index is 2.08. The van der Waals surface area contributed by atoms with Gasteiger partial charge in [0.2, 0.25) is 0 Å². The van der Waals surface area contributed by atoms with Crippen molar-refractivity contribution in [3.63, 3.8) is 0 Å². The quantitative estimate of drug-likeness (QED) is 0.802. The fraction of sp³-hybridized carbons (Fsp3) is 0.462. The topological polar surface area (TPSA) is 49.3 Å². The number of rotatable bonds is 2. The SMILES string of the molecule is Cc1ccc(C(=O)NC2CCCC2)c(O)c1. The molecule has 0 radical (unpaired) electrons. The van der Waals surface area contributed by atoms with E-state index in [9.17, 15) is 9.90 Å². The van der Waals surface area contributed by atoms with E-state index < -0.39 is 0 Å². The monoisotopic (exact) mass is 219 g/mol. The lowest BCUT2D eigenvalue weighted by Gasteiger charge is -2.12. The molecule has 0 saturated heterocycles. The van der Waals surface area contributed by atoms with Crippen molar-refractivity contribution in [2.45, 2.75) is 38.6 Å². The Morgan fingerprint density at radius 3 is 2.69 bits per heavy atom. The number of phenolic OH excluding ortho intramolecular Hbond substituents is 1. The van der Waals surface area contributed by atoms with Crippen molar-refractivity contribution in [2.24, 2.45) is 0 Å². The van der Waals surface area contributed by atoms with Crippen molar-refractivity contribution >= 4 is 5.91 Å². The van der Waals surface area contributed by atoms with Gasteiger partial charge in [-0.3, -0.25) is 4.79 Å². The van der Waals surface area contributed by atoms with Crippen LogP contribution in [0.25, 0.3) is 0 Å². The Labute approximate surface area is 95.5 Å². The molecule has 0 aromatic heterocycles. The molecule has 1 aromatic rings. The second-order valence-electron chi connectivity index (χ2n) is 4.48. The van der Waals surface area contributed by atoms with Crippen LogP contribution in [0.4, 0.5) is 0 Å². The van der Waals surface area contributed by atoms with Crippen LogP contribution in [-0.4, -0.2) is 17.1 Å². The fourth-order valence-corrected chi connectivity index (χ4v) is 2.17. The summed E-state index contributed by atoms with van der Waals surface area (Å²) in [6.45, 7) is 1.89. The van der Waals surface area contributed by atoms with E-state index in [-0.39, 0.29) is 17.7 Å².